The van der Waals surface area contributed by atoms with E-state index in [-0.39, 0.29) is 5.75 Å². The number of nitrogens with zero attached hydrogens (tertiary/aromatic N) is 1. The summed E-state index contributed by atoms with van der Waals surface area (Å²) in [6.07, 6.45) is 0. The maximum atomic E-state index is 10.9. The SMILES string of the molecule is O=S(=O)(Cl)Cc1nsc2ccccc12. The average Bonchev–Trinajstić information content (AvgIpc) is 2.47. The van der Waals surface area contributed by atoms with Gasteiger partial charge in [0.25, 0.3) is 0 Å². The summed E-state index contributed by atoms with van der Waals surface area (Å²) in [6.45, 7) is 0. The van der Waals surface area contributed by atoms with E-state index in [0.717, 1.165) is 10.1 Å². The first-order valence-electron chi connectivity index (χ1n) is 3.82. The summed E-state index contributed by atoms with van der Waals surface area (Å²) in [5, 5.41) is 0.863. The van der Waals surface area contributed by atoms with Crippen LogP contribution in [0.3, 0.4) is 0 Å². The summed E-state index contributed by atoms with van der Waals surface area (Å²) in [7, 11) is 1.64. The van der Waals surface area contributed by atoms with Crippen LogP contribution in [0.5, 0.6) is 0 Å². The Bertz CT molecular complexity index is 561. The molecule has 2 rings (SSSR count). The molecule has 0 saturated carbocycles. The van der Waals surface area contributed by atoms with E-state index in [1.807, 2.05) is 24.3 Å². The molecule has 0 fully saturated rings. The van der Waals surface area contributed by atoms with E-state index in [9.17, 15) is 8.42 Å². The Balaban J connectivity index is 2.54. The van der Waals surface area contributed by atoms with Gasteiger partial charge in [0.05, 0.1) is 10.4 Å². The fourth-order valence-electron chi connectivity index (χ4n) is 1.21. The second-order valence-corrected chi connectivity index (χ2v) is 6.39. The van der Waals surface area contributed by atoms with E-state index in [2.05, 4.69) is 4.37 Å². The standard InChI is InChI=1S/C8H6ClNO2S2/c9-14(11,12)5-7-6-3-1-2-4-8(6)13-10-7/h1-4H,5H2. The van der Waals surface area contributed by atoms with E-state index < -0.39 is 9.05 Å². The molecule has 2 aromatic rings. The number of hydrogen-bond acceptors (Lipinski definition) is 4. The number of aromatic nitrogens is 1. The molecule has 0 N–H and O–H groups in total. The Labute approximate surface area is 89.9 Å². The predicted octanol–water partition coefficient (Wildman–Crippen LogP) is 2.36. The largest absolute Gasteiger partial charge is 0.238 e. The molecule has 0 bridgehead atoms. The van der Waals surface area contributed by atoms with Crippen LogP contribution in [0.4, 0.5) is 0 Å². The number of benzene rings is 1. The van der Waals surface area contributed by atoms with Gasteiger partial charge in [0.2, 0.25) is 9.05 Å². The first kappa shape index (κ1) is 9.89. The molecule has 0 aliphatic carbocycles. The zero-order valence-electron chi connectivity index (χ0n) is 6.97. The van der Waals surface area contributed by atoms with Gasteiger partial charge in [-0.05, 0) is 17.6 Å². The van der Waals surface area contributed by atoms with E-state index in [0.29, 0.717) is 5.69 Å². The van der Waals surface area contributed by atoms with Crippen molar-refractivity contribution in [2.75, 3.05) is 0 Å². The van der Waals surface area contributed by atoms with Crippen LogP contribution in [0.1, 0.15) is 5.69 Å². The minimum Gasteiger partial charge on any atom is -0.212 e. The van der Waals surface area contributed by atoms with E-state index in [1.165, 1.54) is 11.5 Å². The molecule has 14 heavy (non-hydrogen) atoms. The normalized spacial score (nSPS) is 12.1. The molecule has 1 heterocycles. The number of halogens is 1. The quantitative estimate of drug-likeness (QED) is 0.766. The molecule has 0 saturated heterocycles. The smallest absolute Gasteiger partial charge is 0.212 e. The van der Waals surface area contributed by atoms with Crippen molar-refractivity contribution >= 4 is 41.4 Å². The number of hydrogen-bond donors (Lipinski definition) is 0. The zero-order valence-corrected chi connectivity index (χ0v) is 9.36. The molecule has 3 nitrogen and oxygen atoms in total. The number of rotatable bonds is 2. The average molecular weight is 248 g/mol. The summed E-state index contributed by atoms with van der Waals surface area (Å²) in [6, 6.07) is 7.48. The molecule has 0 amide bonds. The second-order valence-electron chi connectivity index (χ2n) is 2.81. The highest BCUT2D eigenvalue weighted by Crippen LogP contribution is 2.24. The van der Waals surface area contributed by atoms with Gasteiger partial charge in [-0.25, -0.2) is 8.42 Å². The third kappa shape index (κ3) is 2.05. The maximum Gasteiger partial charge on any atom is 0.238 e. The van der Waals surface area contributed by atoms with Gasteiger partial charge in [0.1, 0.15) is 5.75 Å². The first-order valence-corrected chi connectivity index (χ1v) is 7.07. The molecule has 6 heteroatoms. The van der Waals surface area contributed by atoms with Crippen LogP contribution in [0.2, 0.25) is 0 Å². The summed E-state index contributed by atoms with van der Waals surface area (Å²) >= 11 is 1.28. The van der Waals surface area contributed by atoms with Gasteiger partial charge >= 0.3 is 0 Å². The monoisotopic (exact) mass is 247 g/mol. The predicted molar refractivity (Wildman–Crippen MR) is 58.1 cm³/mol. The van der Waals surface area contributed by atoms with Gasteiger partial charge in [-0.1, -0.05) is 18.2 Å². The lowest BCUT2D eigenvalue weighted by molar-refractivity contribution is 0.608. The fraction of sp³-hybridized carbons (Fsp3) is 0.125. The molecule has 0 aliphatic rings. The summed E-state index contributed by atoms with van der Waals surface area (Å²) in [5.74, 6) is -0.210. The molecule has 1 aromatic carbocycles. The molecular weight excluding hydrogens is 242 g/mol. The van der Waals surface area contributed by atoms with Crippen molar-refractivity contribution in [3.05, 3.63) is 30.0 Å². The Morgan fingerprint density at radius 3 is 2.79 bits per heavy atom. The van der Waals surface area contributed by atoms with Crippen molar-refractivity contribution in [3.8, 4) is 0 Å². The molecule has 0 unspecified atom stereocenters. The lowest BCUT2D eigenvalue weighted by atomic mass is 10.2. The van der Waals surface area contributed by atoms with E-state index in [4.69, 9.17) is 10.7 Å². The topological polar surface area (TPSA) is 47.0 Å². The van der Waals surface area contributed by atoms with Crippen molar-refractivity contribution in [1.82, 2.24) is 4.37 Å². The van der Waals surface area contributed by atoms with Gasteiger partial charge in [-0.15, -0.1) is 0 Å². The summed E-state index contributed by atoms with van der Waals surface area (Å²) in [5.41, 5.74) is 0.528. The third-order valence-corrected chi connectivity index (χ3v) is 3.57. The molecule has 0 radical (unpaired) electrons. The fourth-order valence-corrected chi connectivity index (χ4v) is 2.94. The van der Waals surface area contributed by atoms with Crippen molar-refractivity contribution in [3.63, 3.8) is 0 Å². The highest BCUT2D eigenvalue weighted by atomic mass is 35.7. The highest BCUT2D eigenvalue weighted by molar-refractivity contribution is 8.13. The summed E-state index contributed by atoms with van der Waals surface area (Å²) in [4.78, 5) is 0. The van der Waals surface area contributed by atoms with Crippen molar-refractivity contribution in [2.45, 2.75) is 5.75 Å². The summed E-state index contributed by atoms with van der Waals surface area (Å²) < 4.78 is 26.8. The van der Waals surface area contributed by atoms with Crippen molar-refractivity contribution in [1.29, 1.82) is 0 Å². The van der Waals surface area contributed by atoms with Crippen molar-refractivity contribution in [2.24, 2.45) is 0 Å². The maximum absolute atomic E-state index is 10.9. The van der Waals surface area contributed by atoms with Gasteiger partial charge in [0, 0.05) is 16.1 Å². The van der Waals surface area contributed by atoms with E-state index >= 15 is 0 Å². The van der Waals surface area contributed by atoms with Gasteiger partial charge in [-0.3, -0.25) is 0 Å². The van der Waals surface area contributed by atoms with Gasteiger partial charge in [-0.2, -0.15) is 4.37 Å². The van der Waals surface area contributed by atoms with E-state index in [1.54, 1.807) is 0 Å². The van der Waals surface area contributed by atoms with Gasteiger partial charge < -0.3 is 0 Å². The van der Waals surface area contributed by atoms with Gasteiger partial charge in [0.15, 0.2) is 0 Å². The highest BCUT2D eigenvalue weighted by Gasteiger charge is 2.12. The first-order chi connectivity index (χ1) is 6.56. The minimum atomic E-state index is -3.52. The second kappa shape index (κ2) is 3.49. The molecular formula is C8H6ClNO2S2. The molecule has 0 spiro atoms. The molecule has 74 valence electrons. The molecule has 0 atom stereocenters. The van der Waals surface area contributed by atoms with Crippen LogP contribution in [0.15, 0.2) is 24.3 Å². The Kier molecular flexibility index (Phi) is 2.47. The lowest BCUT2D eigenvalue weighted by Crippen LogP contribution is -1.95. The van der Waals surface area contributed by atoms with Crippen molar-refractivity contribution < 1.29 is 8.42 Å². The minimum absolute atomic E-state index is 0.210. The van der Waals surface area contributed by atoms with Crippen LogP contribution in [0.25, 0.3) is 10.1 Å². The third-order valence-electron chi connectivity index (χ3n) is 1.76. The molecule has 1 aromatic heterocycles. The zero-order chi connectivity index (χ0) is 10.2. The van der Waals surface area contributed by atoms with Crippen LogP contribution in [-0.2, 0) is 14.8 Å². The van der Waals surface area contributed by atoms with Crippen LogP contribution < -0.4 is 0 Å². The Morgan fingerprint density at radius 2 is 2.07 bits per heavy atom. The Hall–Kier alpha value is -0.650. The lowest BCUT2D eigenvalue weighted by Gasteiger charge is -1.92. The van der Waals surface area contributed by atoms with Crippen LogP contribution in [0, 0.1) is 0 Å². The Morgan fingerprint density at radius 1 is 1.36 bits per heavy atom. The van der Waals surface area contributed by atoms with Crippen LogP contribution in [-0.4, -0.2) is 12.8 Å². The number of fused-ring (bicyclic) bond motifs is 1. The van der Waals surface area contributed by atoms with Crippen LogP contribution >= 0.6 is 22.2 Å². The molecule has 0 aliphatic heterocycles.